The first-order chi connectivity index (χ1) is 12.6. The predicted molar refractivity (Wildman–Crippen MR) is 101 cm³/mol. The highest BCUT2D eigenvalue weighted by atomic mass is 16.5. The summed E-state index contributed by atoms with van der Waals surface area (Å²) in [5.41, 5.74) is 1.85. The third-order valence-electron chi connectivity index (χ3n) is 3.79. The highest BCUT2D eigenvalue weighted by molar-refractivity contribution is 5.89. The van der Waals surface area contributed by atoms with Crippen molar-refractivity contribution in [3.05, 3.63) is 71.8 Å². The Morgan fingerprint density at radius 1 is 1.08 bits per heavy atom. The van der Waals surface area contributed by atoms with Gasteiger partial charge in [-0.05, 0) is 36.3 Å². The average molecular weight is 353 g/mol. The fourth-order valence-electron chi connectivity index (χ4n) is 2.36. The Hall–Kier alpha value is -3.08. The molecule has 2 aromatic carbocycles. The van der Waals surface area contributed by atoms with Crippen LogP contribution in [-0.2, 0) is 20.9 Å². The summed E-state index contributed by atoms with van der Waals surface area (Å²) in [5, 5.41) is 0. The lowest BCUT2D eigenvalue weighted by molar-refractivity contribution is -0.148. The van der Waals surface area contributed by atoms with E-state index >= 15 is 0 Å². The summed E-state index contributed by atoms with van der Waals surface area (Å²) in [5.74, 6) is -0.0772. The van der Waals surface area contributed by atoms with Crippen LogP contribution >= 0.6 is 0 Å². The molecular formula is C21H23NO4. The fourth-order valence-corrected chi connectivity index (χ4v) is 2.36. The van der Waals surface area contributed by atoms with Crippen molar-refractivity contribution in [2.45, 2.75) is 13.5 Å². The van der Waals surface area contributed by atoms with Gasteiger partial charge in [0.2, 0.25) is 0 Å². The summed E-state index contributed by atoms with van der Waals surface area (Å²) in [4.78, 5) is 25.7. The molecular weight excluding hydrogens is 330 g/mol. The highest BCUT2D eigenvalue weighted by Gasteiger charge is 2.13. The van der Waals surface area contributed by atoms with Gasteiger partial charge in [-0.2, -0.15) is 0 Å². The molecule has 0 aliphatic rings. The number of ether oxygens (including phenoxy) is 2. The first-order valence-corrected chi connectivity index (χ1v) is 8.43. The van der Waals surface area contributed by atoms with Crippen molar-refractivity contribution >= 4 is 18.0 Å². The molecule has 26 heavy (non-hydrogen) atoms. The molecule has 0 atom stereocenters. The number of hydrogen-bond donors (Lipinski definition) is 0. The second-order valence-electron chi connectivity index (χ2n) is 5.61. The number of benzene rings is 2. The van der Waals surface area contributed by atoms with Crippen LogP contribution in [0.25, 0.3) is 6.08 Å². The Kier molecular flexibility index (Phi) is 7.43. The Morgan fingerprint density at radius 3 is 2.54 bits per heavy atom. The van der Waals surface area contributed by atoms with E-state index in [1.807, 2.05) is 55.5 Å². The second kappa shape index (κ2) is 10.0. The van der Waals surface area contributed by atoms with Crippen LogP contribution in [-0.4, -0.2) is 37.0 Å². The van der Waals surface area contributed by atoms with E-state index in [1.165, 1.54) is 6.08 Å². The van der Waals surface area contributed by atoms with E-state index in [1.54, 1.807) is 24.2 Å². The maximum Gasteiger partial charge on any atom is 0.331 e. The standard InChI is InChI=1S/C21H23NO4/c1-3-22(15-18-8-5-4-6-9-18)20(23)16-26-21(24)13-12-17-10-7-11-19(14-17)25-2/h4-14H,3,15-16H2,1-2H3. The second-order valence-corrected chi connectivity index (χ2v) is 5.61. The van der Waals surface area contributed by atoms with E-state index in [-0.39, 0.29) is 12.5 Å². The molecule has 136 valence electrons. The zero-order chi connectivity index (χ0) is 18.8. The van der Waals surface area contributed by atoms with Gasteiger partial charge in [0, 0.05) is 19.2 Å². The Labute approximate surface area is 153 Å². The monoisotopic (exact) mass is 353 g/mol. The van der Waals surface area contributed by atoms with Crippen molar-refractivity contribution in [2.24, 2.45) is 0 Å². The first kappa shape index (κ1) is 19.2. The molecule has 0 aromatic heterocycles. The van der Waals surface area contributed by atoms with E-state index < -0.39 is 5.97 Å². The van der Waals surface area contributed by atoms with Crippen molar-refractivity contribution in [3.8, 4) is 5.75 Å². The lowest BCUT2D eigenvalue weighted by Gasteiger charge is -2.20. The number of hydrogen-bond acceptors (Lipinski definition) is 4. The quantitative estimate of drug-likeness (QED) is 0.540. The lowest BCUT2D eigenvalue weighted by Crippen LogP contribution is -2.33. The SMILES string of the molecule is CCN(Cc1ccccc1)C(=O)COC(=O)C=Cc1cccc(OC)c1. The van der Waals surface area contributed by atoms with E-state index in [2.05, 4.69) is 0 Å². The number of esters is 1. The molecule has 0 aliphatic carbocycles. The number of rotatable bonds is 8. The molecule has 0 bridgehead atoms. The topological polar surface area (TPSA) is 55.8 Å². The number of amides is 1. The lowest BCUT2D eigenvalue weighted by atomic mass is 10.2. The van der Waals surface area contributed by atoms with Gasteiger partial charge >= 0.3 is 5.97 Å². The van der Waals surface area contributed by atoms with Crippen LogP contribution in [0, 0.1) is 0 Å². The summed E-state index contributed by atoms with van der Waals surface area (Å²) in [6.45, 7) is 2.66. The van der Waals surface area contributed by atoms with Gasteiger partial charge in [-0.3, -0.25) is 4.79 Å². The van der Waals surface area contributed by atoms with Crippen LogP contribution in [0.3, 0.4) is 0 Å². The molecule has 0 fully saturated rings. The number of likely N-dealkylation sites (N-methyl/N-ethyl adjacent to an activating group) is 1. The molecule has 0 radical (unpaired) electrons. The normalized spacial score (nSPS) is 10.5. The minimum absolute atomic E-state index is 0.223. The van der Waals surface area contributed by atoms with Crippen molar-refractivity contribution in [2.75, 3.05) is 20.3 Å². The molecule has 0 saturated heterocycles. The van der Waals surface area contributed by atoms with E-state index in [4.69, 9.17) is 9.47 Å². The molecule has 2 rings (SSSR count). The zero-order valence-corrected chi connectivity index (χ0v) is 15.1. The molecule has 5 heteroatoms. The maximum atomic E-state index is 12.2. The molecule has 1 amide bonds. The van der Waals surface area contributed by atoms with Crippen LogP contribution in [0.1, 0.15) is 18.1 Å². The van der Waals surface area contributed by atoms with Crippen LogP contribution in [0.4, 0.5) is 0 Å². The highest BCUT2D eigenvalue weighted by Crippen LogP contribution is 2.13. The fraction of sp³-hybridized carbons (Fsp3) is 0.238. The summed E-state index contributed by atoms with van der Waals surface area (Å²) < 4.78 is 10.2. The molecule has 0 heterocycles. The smallest absolute Gasteiger partial charge is 0.331 e. The van der Waals surface area contributed by atoms with E-state index in [0.717, 1.165) is 11.1 Å². The summed E-state index contributed by atoms with van der Waals surface area (Å²) in [6.07, 6.45) is 2.92. The van der Waals surface area contributed by atoms with Gasteiger partial charge in [0.05, 0.1) is 7.11 Å². The van der Waals surface area contributed by atoms with Gasteiger partial charge in [0.1, 0.15) is 5.75 Å². The molecule has 0 saturated carbocycles. The molecule has 0 spiro atoms. The largest absolute Gasteiger partial charge is 0.497 e. The average Bonchev–Trinajstić information content (AvgIpc) is 2.69. The van der Waals surface area contributed by atoms with E-state index in [9.17, 15) is 9.59 Å². The summed E-state index contributed by atoms with van der Waals surface area (Å²) in [6, 6.07) is 17.0. The maximum absolute atomic E-state index is 12.2. The number of carbonyl (C=O) groups is 2. The summed E-state index contributed by atoms with van der Waals surface area (Å²) >= 11 is 0. The van der Waals surface area contributed by atoms with Gasteiger partial charge in [-0.15, -0.1) is 0 Å². The Morgan fingerprint density at radius 2 is 1.85 bits per heavy atom. The Bertz CT molecular complexity index is 756. The van der Waals surface area contributed by atoms with Gasteiger partial charge < -0.3 is 14.4 Å². The predicted octanol–water partition coefficient (Wildman–Crippen LogP) is 3.30. The minimum Gasteiger partial charge on any atom is -0.497 e. The van der Waals surface area contributed by atoms with Gasteiger partial charge in [0.25, 0.3) is 5.91 Å². The molecule has 0 N–H and O–H groups in total. The van der Waals surface area contributed by atoms with Crippen molar-refractivity contribution in [3.63, 3.8) is 0 Å². The van der Waals surface area contributed by atoms with Gasteiger partial charge in [0.15, 0.2) is 6.61 Å². The zero-order valence-electron chi connectivity index (χ0n) is 15.1. The molecule has 0 aliphatic heterocycles. The van der Waals surface area contributed by atoms with Crippen LogP contribution in [0.15, 0.2) is 60.7 Å². The molecule has 0 unspecified atom stereocenters. The Balaban J connectivity index is 1.84. The molecule has 2 aromatic rings. The molecule has 5 nitrogen and oxygen atoms in total. The van der Waals surface area contributed by atoms with Crippen molar-refractivity contribution in [1.82, 2.24) is 4.90 Å². The minimum atomic E-state index is -0.558. The van der Waals surface area contributed by atoms with Crippen molar-refractivity contribution in [1.29, 1.82) is 0 Å². The van der Waals surface area contributed by atoms with Crippen molar-refractivity contribution < 1.29 is 19.1 Å². The number of methoxy groups -OCH3 is 1. The van der Waals surface area contributed by atoms with Gasteiger partial charge in [-0.1, -0.05) is 42.5 Å². The van der Waals surface area contributed by atoms with Crippen LogP contribution in [0.2, 0.25) is 0 Å². The van der Waals surface area contributed by atoms with E-state index in [0.29, 0.717) is 18.8 Å². The van der Waals surface area contributed by atoms with Crippen LogP contribution < -0.4 is 4.74 Å². The number of nitrogens with zero attached hydrogens (tertiary/aromatic N) is 1. The first-order valence-electron chi connectivity index (χ1n) is 8.43. The summed E-state index contributed by atoms with van der Waals surface area (Å²) in [7, 11) is 1.58. The third kappa shape index (κ3) is 6.09. The number of carbonyl (C=O) groups excluding carboxylic acids is 2. The third-order valence-corrected chi connectivity index (χ3v) is 3.79. The van der Waals surface area contributed by atoms with Gasteiger partial charge in [-0.25, -0.2) is 4.79 Å². The van der Waals surface area contributed by atoms with Crippen LogP contribution in [0.5, 0.6) is 5.75 Å².